The van der Waals surface area contributed by atoms with Crippen LogP contribution in [0.1, 0.15) is 19.3 Å². The number of rotatable bonds is 10. The quantitative estimate of drug-likeness (QED) is 0.119. The van der Waals surface area contributed by atoms with E-state index in [2.05, 4.69) is 5.32 Å². The van der Waals surface area contributed by atoms with Gasteiger partial charge in [-0.1, -0.05) is 0 Å². The Balaban J connectivity index is 5.10. The zero-order valence-electron chi connectivity index (χ0n) is 12.9. The third-order valence-electron chi connectivity index (χ3n) is 2.97. The van der Waals surface area contributed by atoms with E-state index in [9.17, 15) is 19.2 Å². The molecule has 0 saturated carbocycles. The van der Waals surface area contributed by atoms with Crippen LogP contribution in [0.5, 0.6) is 0 Å². The number of hydrogen-bond donors (Lipinski definition) is 7. The minimum atomic E-state index is -1.90. The molecule has 10 N–H and O–H groups in total. The van der Waals surface area contributed by atoms with E-state index < -0.39 is 48.8 Å². The smallest absolute Gasteiger partial charge is 0.327 e. The van der Waals surface area contributed by atoms with Crippen molar-refractivity contribution in [1.29, 1.82) is 5.41 Å². The number of hydrogen-bond acceptors (Lipinski definition) is 7. The number of nitrogens with one attached hydrogen (secondary N) is 2. The number of carboxylic acids is 2. The summed E-state index contributed by atoms with van der Waals surface area (Å²) in [5.41, 5.74) is 15.9. The number of imide groups is 1. The average molecular weight is 346 g/mol. The molecule has 0 spiro atoms. The first-order valence-corrected chi connectivity index (χ1v) is 6.95. The van der Waals surface area contributed by atoms with E-state index in [1.165, 1.54) is 0 Å². The Morgan fingerprint density at radius 3 is 2.21 bits per heavy atom. The highest BCUT2D eigenvalue weighted by atomic mass is 16.4. The fourth-order valence-electron chi connectivity index (χ4n) is 1.85. The van der Waals surface area contributed by atoms with E-state index in [1.54, 1.807) is 0 Å². The lowest BCUT2D eigenvalue weighted by Gasteiger charge is -2.28. The Morgan fingerprint density at radius 1 is 1.21 bits per heavy atom. The number of guanidine groups is 1. The number of carboxylic acid groups (broad SMARTS) is 2. The molecule has 2 amide bonds. The van der Waals surface area contributed by atoms with Crippen LogP contribution >= 0.6 is 0 Å². The summed E-state index contributed by atoms with van der Waals surface area (Å²) in [6, 6.07) is -3.13. The van der Waals surface area contributed by atoms with Gasteiger partial charge in [0.25, 0.3) is 0 Å². The molecule has 0 saturated heterocycles. The van der Waals surface area contributed by atoms with Crippen molar-refractivity contribution in [2.45, 2.75) is 31.3 Å². The van der Waals surface area contributed by atoms with Gasteiger partial charge in [0.05, 0.1) is 19.0 Å². The molecule has 0 aromatic carbocycles. The highest BCUT2D eigenvalue weighted by Crippen LogP contribution is 2.10. The SMILES string of the molecule is N=C(N)NCCC[C@H](N)C(=O)N(C(=O)CN)[C@@H](CC(=O)O)C(=O)O. The van der Waals surface area contributed by atoms with Gasteiger partial charge in [0.2, 0.25) is 11.8 Å². The van der Waals surface area contributed by atoms with Crippen molar-refractivity contribution >= 4 is 29.7 Å². The normalized spacial score (nSPS) is 12.8. The zero-order valence-corrected chi connectivity index (χ0v) is 12.9. The summed E-state index contributed by atoms with van der Waals surface area (Å²) in [6.07, 6.45) is -0.591. The first-order chi connectivity index (χ1) is 11.1. The standard InChI is InChI=1S/C12H22N6O6/c13-5-8(19)18(7(11(23)24)4-9(20)21)10(22)6(14)2-1-3-17-12(15)16/h6-7H,1-5,13-14H2,(H,20,21)(H,23,24)(H4,15,16,17)/t6-,7-/m0/s1. The van der Waals surface area contributed by atoms with Crippen LogP contribution in [0.15, 0.2) is 0 Å². The van der Waals surface area contributed by atoms with Crippen LogP contribution in [0.2, 0.25) is 0 Å². The Morgan fingerprint density at radius 2 is 1.79 bits per heavy atom. The second kappa shape index (κ2) is 10.1. The first-order valence-electron chi connectivity index (χ1n) is 6.95. The molecule has 12 nitrogen and oxygen atoms in total. The minimum Gasteiger partial charge on any atom is -0.481 e. The average Bonchev–Trinajstić information content (AvgIpc) is 2.49. The van der Waals surface area contributed by atoms with Crippen molar-refractivity contribution in [1.82, 2.24) is 10.2 Å². The van der Waals surface area contributed by atoms with Gasteiger partial charge in [-0.25, -0.2) is 4.79 Å². The van der Waals surface area contributed by atoms with Crippen molar-refractivity contribution in [3.05, 3.63) is 0 Å². The minimum absolute atomic E-state index is 0.0624. The lowest BCUT2D eigenvalue weighted by molar-refractivity contribution is -0.160. The van der Waals surface area contributed by atoms with E-state index in [0.29, 0.717) is 11.3 Å². The highest BCUT2D eigenvalue weighted by Gasteiger charge is 2.37. The molecule has 0 radical (unpaired) electrons. The number of aliphatic carboxylic acids is 2. The van der Waals surface area contributed by atoms with Crippen LogP contribution in [0.4, 0.5) is 0 Å². The molecule has 136 valence electrons. The molecular weight excluding hydrogens is 324 g/mol. The monoisotopic (exact) mass is 346 g/mol. The molecule has 0 rings (SSSR count). The lowest BCUT2D eigenvalue weighted by atomic mass is 10.1. The van der Waals surface area contributed by atoms with Crippen LogP contribution in [-0.4, -0.2) is 70.0 Å². The topological polar surface area (TPSA) is 226 Å². The predicted molar refractivity (Wildman–Crippen MR) is 81.7 cm³/mol. The van der Waals surface area contributed by atoms with E-state index in [1.807, 2.05) is 0 Å². The molecule has 12 heteroatoms. The van der Waals surface area contributed by atoms with Crippen LogP contribution in [0.3, 0.4) is 0 Å². The van der Waals surface area contributed by atoms with Gasteiger partial charge in [0.15, 0.2) is 5.96 Å². The number of carbonyl (C=O) groups excluding carboxylic acids is 2. The summed E-state index contributed by atoms with van der Waals surface area (Å²) >= 11 is 0. The molecule has 0 unspecified atom stereocenters. The van der Waals surface area contributed by atoms with Gasteiger partial charge in [0, 0.05) is 6.54 Å². The maximum absolute atomic E-state index is 12.3. The predicted octanol–water partition coefficient (Wildman–Crippen LogP) is -3.18. The van der Waals surface area contributed by atoms with Crippen molar-refractivity contribution in [2.75, 3.05) is 13.1 Å². The summed E-state index contributed by atoms with van der Waals surface area (Å²) in [6.45, 7) is -0.424. The molecule has 0 aromatic rings. The third-order valence-corrected chi connectivity index (χ3v) is 2.97. The Hall–Kier alpha value is -2.73. The Bertz CT molecular complexity index is 510. The van der Waals surface area contributed by atoms with Gasteiger partial charge in [-0.05, 0) is 12.8 Å². The maximum Gasteiger partial charge on any atom is 0.327 e. The van der Waals surface area contributed by atoms with Gasteiger partial charge in [0.1, 0.15) is 6.04 Å². The van der Waals surface area contributed by atoms with Crippen molar-refractivity contribution in [2.24, 2.45) is 17.2 Å². The van der Waals surface area contributed by atoms with Gasteiger partial charge in [-0.15, -0.1) is 0 Å². The maximum atomic E-state index is 12.3. The number of nitrogens with two attached hydrogens (primary N) is 3. The second-order valence-corrected chi connectivity index (χ2v) is 4.85. The van der Waals surface area contributed by atoms with Gasteiger partial charge < -0.3 is 32.7 Å². The first kappa shape index (κ1) is 21.3. The van der Waals surface area contributed by atoms with Crippen molar-refractivity contribution in [3.8, 4) is 0 Å². The summed E-state index contributed by atoms with van der Waals surface area (Å²) in [5, 5.41) is 27.3. The molecule has 0 bridgehead atoms. The molecule has 0 aromatic heterocycles. The van der Waals surface area contributed by atoms with E-state index in [-0.39, 0.29) is 18.9 Å². The fourth-order valence-corrected chi connectivity index (χ4v) is 1.85. The van der Waals surface area contributed by atoms with Crippen molar-refractivity contribution in [3.63, 3.8) is 0 Å². The molecule has 0 fully saturated rings. The Kier molecular flexibility index (Phi) is 8.97. The summed E-state index contributed by atoms with van der Waals surface area (Å²) in [5.74, 6) is -5.47. The lowest BCUT2D eigenvalue weighted by Crippen LogP contribution is -2.56. The number of nitrogens with zero attached hydrogens (tertiary/aromatic N) is 1. The molecular formula is C12H22N6O6. The zero-order chi connectivity index (χ0) is 18.9. The van der Waals surface area contributed by atoms with Gasteiger partial charge in [-0.3, -0.25) is 24.7 Å². The highest BCUT2D eigenvalue weighted by molar-refractivity contribution is 6.02. The molecule has 24 heavy (non-hydrogen) atoms. The number of carbonyl (C=O) groups is 4. The second-order valence-electron chi connectivity index (χ2n) is 4.85. The molecule has 0 aliphatic carbocycles. The fraction of sp³-hybridized carbons (Fsp3) is 0.583. The summed E-state index contributed by atoms with van der Waals surface area (Å²) in [4.78, 5) is 46.4. The number of amides is 2. The van der Waals surface area contributed by atoms with Crippen molar-refractivity contribution < 1.29 is 29.4 Å². The van der Waals surface area contributed by atoms with Crippen LogP contribution < -0.4 is 22.5 Å². The Labute approximate surface area is 137 Å². The molecule has 0 aliphatic heterocycles. The van der Waals surface area contributed by atoms with Crippen LogP contribution in [0, 0.1) is 5.41 Å². The van der Waals surface area contributed by atoms with E-state index >= 15 is 0 Å². The third kappa shape index (κ3) is 7.02. The van der Waals surface area contributed by atoms with E-state index in [4.69, 9.17) is 32.8 Å². The van der Waals surface area contributed by atoms with Crippen LogP contribution in [-0.2, 0) is 19.2 Å². The van der Waals surface area contributed by atoms with Crippen LogP contribution in [0.25, 0.3) is 0 Å². The molecule has 2 atom stereocenters. The van der Waals surface area contributed by atoms with E-state index in [0.717, 1.165) is 0 Å². The summed E-state index contributed by atoms with van der Waals surface area (Å²) < 4.78 is 0. The van der Waals surface area contributed by atoms with Gasteiger partial charge >= 0.3 is 11.9 Å². The van der Waals surface area contributed by atoms with Gasteiger partial charge in [-0.2, -0.15) is 0 Å². The molecule has 0 aliphatic rings. The summed E-state index contributed by atoms with van der Waals surface area (Å²) in [7, 11) is 0. The molecule has 0 heterocycles. The largest absolute Gasteiger partial charge is 0.481 e.